The zero-order valence-corrected chi connectivity index (χ0v) is 9.46. The van der Waals surface area contributed by atoms with Gasteiger partial charge in [0.25, 0.3) is 0 Å². The van der Waals surface area contributed by atoms with Crippen LogP contribution >= 0.6 is 0 Å². The Balaban J connectivity index is 2.81. The molecule has 0 aliphatic rings. The average molecular weight is 226 g/mol. The van der Waals surface area contributed by atoms with E-state index in [4.69, 9.17) is 15.6 Å². The van der Waals surface area contributed by atoms with Gasteiger partial charge in [-0.15, -0.1) is 5.10 Å². The molecule has 1 rings (SSSR count). The van der Waals surface area contributed by atoms with Crippen LogP contribution in [0.4, 0.5) is 5.82 Å². The molecule has 1 heterocycles. The molecule has 1 aromatic rings. The number of nitrogens with two attached hydrogens (primary N) is 1. The number of aliphatic hydroxyl groups is 1. The number of hydrogen-bond donors (Lipinski definition) is 2. The van der Waals surface area contributed by atoms with Crippen molar-refractivity contribution in [3.8, 4) is 0 Å². The van der Waals surface area contributed by atoms with Crippen molar-refractivity contribution in [2.24, 2.45) is 5.73 Å². The number of methoxy groups -OCH3 is 1. The minimum atomic E-state index is 0.0598. The zero-order chi connectivity index (χ0) is 11.8. The maximum atomic E-state index is 9.00. The van der Waals surface area contributed by atoms with Crippen molar-refractivity contribution in [1.29, 1.82) is 0 Å². The Hall–Kier alpha value is -1.24. The first-order chi connectivity index (χ1) is 7.83. The molecule has 0 saturated carbocycles. The molecule has 0 radical (unpaired) electrons. The third-order valence-corrected chi connectivity index (χ3v) is 2.24. The van der Waals surface area contributed by atoms with Crippen LogP contribution in [0.25, 0.3) is 0 Å². The van der Waals surface area contributed by atoms with Gasteiger partial charge in [0.15, 0.2) is 5.82 Å². The lowest BCUT2D eigenvalue weighted by atomic mass is 10.2. The van der Waals surface area contributed by atoms with Crippen molar-refractivity contribution in [2.45, 2.75) is 6.54 Å². The second-order valence-electron chi connectivity index (χ2n) is 3.29. The molecule has 0 aromatic carbocycles. The Morgan fingerprint density at radius 1 is 1.50 bits per heavy atom. The van der Waals surface area contributed by atoms with Crippen LogP contribution in [0, 0.1) is 0 Å². The molecule has 3 N–H and O–H groups in total. The smallest absolute Gasteiger partial charge is 0.155 e. The van der Waals surface area contributed by atoms with E-state index in [-0.39, 0.29) is 6.61 Å². The van der Waals surface area contributed by atoms with Crippen molar-refractivity contribution in [3.63, 3.8) is 0 Å². The molecular formula is C10H18N4O2. The second kappa shape index (κ2) is 7.10. The molecule has 0 saturated heterocycles. The fraction of sp³-hybridized carbons (Fsp3) is 0.600. The predicted octanol–water partition coefficient (Wildman–Crippen LogP) is -0.620. The maximum absolute atomic E-state index is 9.00. The van der Waals surface area contributed by atoms with Gasteiger partial charge >= 0.3 is 0 Å². The topological polar surface area (TPSA) is 84.5 Å². The minimum absolute atomic E-state index is 0.0598. The molecule has 6 heteroatoms. The van der Waals surface area contributed by atoms with Gasteiger partial charge in [-0.3, -0.25) is 0 Å². The third-order valence-electron chi connectivity index (χ3n) is 2.24. The first-order valence-electron chi connectivity index (χ1n) is 5.18. The summed E-state index contributed by atoms with van der Waals surface area (Å²) in [5.74, 6) is 0.719. The molecule has 0 atom stereocenters. The summed E-state index contributed by atoms with van der Waals surface area (Å²) in [7, 11) is 1.64. The number of aromatic nitrogens is 2. The van der Waals surface area contributed by atoms with Gasteiger partial charge in [-0.05, 0) is 6.07 Å². The first kappa shape index (κ1) is 12.8. The third kappa shape index (κ3) is 3.41. The highest BCUT2D eigenvalue weighted by atomic mass is 16.5. The maximum Gasteiger partial charge on any atom is 0.155 e. The van der Waals surface area contributed by atoms with Crippen molar-refractivity contribution in [3.05, 3.63) is 17.8 Å². The summed E-state index contributed by atoms with van der Waals surface area (Å²) in [5, 5.41) is 16.9. The predicted molar refractivity (Wildman–Crippen MR) is 61.1 cm³/mol. The van der Waals surface area contributed by atoms with E-state index in [1.165, 1.54) is 0 Å². The van der Waals surface area contributed by atoms with E-state index >= 15 is 0 Å². The molecule has 0 amide bonds. The van der Waals surface area contributed by atoms with Crippen LogP contribution in [0.2, 0.25) is 0 Å². The summed E-state index contributed by atoms with van der Waals surface area (Å²) < 4.78 is 5.01. The molecule has 0 unspecified atom stereocenters. The normalized spacial score (nSPS) is 10.4. The molecule has 1 aromatic heterocycles. The summed E-state index contributed by atoms with van der Waals surface area (Å²) in [6.45, 7) is 2.18. The van der Waals surface area contributed by atoms with Crippen molar-refractivity contribution < 1.29 is 9.84 Å². The molecule has 16 heavy (non-hydrogen) atoms. The summed E-state index contributed by atoms with van der Waals surface area (Å²) in [4.78, 5) is 1.92. The van der Waals surface area contributed by atoms with Crippen LogP contribution in [0.15, 0.2) is 12.3 Å². The minimum Gasteiger partial charge on any atom is -0.395 e. The number of anilines is 1. The van der Waals surface area contributed by atoms with E-state index in [9.17, 15) is 0 Å². The fourth-order valence-electron chi connectivity index (χ4n) is 1.42. The first-order valence-corrected chi connectivity index (χ1v) is 5.18. The van der Waals surface area contributed by atoms with Gasteiger partial charge < -0.3 is 20.5 Å². The largest absolute Gasteiger partial charge is 0.395 e. The van der Waals surface area contributed by atoms with Crippen LogP contribution in [-0.2, 0) is 11.3 Å². The number of nitrogens with zero attached hydrogens (tertiary/aromatic N) is 3. The van der Waals surface area contributed by atoms with Gasteiger partial charge in [0.1, 0.15) is 0 Å². The van der Waals surface area contributed by atoms with E-state index < -0.39 is 0 Å². The molecular weight excluding hydrogens is 208 g/mol. The molecule has 90 valence electrons. The zero-order valence-electron chi connectivity index (χ0n) is 9.46. The fourth-order valence-corrected chi connectivity index (χ4v) is 1.42. The molecule has 0 fully saturated rings. The highest BCUT2D eigenvalue weighted by molar-refractivity contribution is 5.45. The molecule has 0 bridgehead atoms. The van der Waals surface area contributed by atoms with Gasteiger partial charge in [-0.25, -0.2) is 0 Å². The Morgan fingerprint density at radius 2 is 2.31 bits per heavy atom. The Bertz CT molecular complexity index is 309. The van der Waals surface area contributed by atoms with Crippen LogP contribution in [0.3, 0.4) is 0 Å². The molecule has 0 aliphatic heterocycles. The van der Waals surface area contributed by atoms with Crippen LogP contribution < -0.4 is 10.6 Å². The van der Waals surface area contributed by atoms with E-state index in [0.29, 0.717) is 26.2 Å². The van der Waals surface area contributed by atoms with Crippen molar-refractivity contribution >= 4 is 5.82 Å². The summed E-state index contributed by atoms with van der Waals surface area (Å²) >= 11 is 0. The van der Waals surface area contributed by atoms with Gasteiger partial charge in [0.05, 0.1) is 19.4 Å². The summed E-state index contributed by atoms with van der Waals surface area (Å²) in [5.41, 5.74) is 6.54. The van der Waals surface area contributed by atoms with E-state index in [2.05, 4.69) is 10.2 Å². The van der Waals surface area contributed by atoms with Gasteiger partial charge in [0, 0.05) is 32.3 Å². The molecule has 0 aliphatic carbocycles. The lowest BCUT2D eigenvalue weighted by Crippen LogP contribution is -2.32. The van der Waals surface area contributed by atoms with Gasteiger partial charge in [-0.2, -0.15) is 5.10 Å². The lowest BCUT2D eigenvalue weighted by molar-refractivity contribution is 0.202. The van der Waals surface area contributed by atoms with Gasteiger partial charge in [0.2, 0.25) is 0 Å². The Morgan fingerprint density at radius 3 is 2.94 bits per heavy atom. The highest BCUT2D eigenvalue weighted by Crippen LogP contribution is 2.14. The number of ether oxygens (including phenoxy) is 1. The molecule has 6 nitrogen and oxygen atoms in total. The summed E-state index contributed by atoms with van der Waals surface area (Å²) in [6.07, 6.45) is 1.61. The number of aliphatic hydroxyl groups excluding tert-OH is 1. The van der Waals surface area contributed by atoms with Crippen LogP contribution in [0.1, 0.15) is 5.56 Å². The standard InChI is InChI=1S/C10H18N4O2/c1-16-7-5-14(4-6-15)10-9(8-11)2-3-12-13-10/h2-3,15H,4-8,11H2,1H3. The average Bonchev–Trinajstić information content (AvgIpc) is 2.34. The van der Waals surface area contributed by atoms with E-state index in [0.717, 1.165) is 11.4 Å². The highest BCUT2D eigenvalue weighted by Gasteiger charge is 2.11. The summed E-state index contributed by atoms with van der Waals surface area (Å²) in [6, 6.07) is 1.83. The SMILES string of the molecule is COCCN(CCO)c1nnccc1CN. The van der Waals surface area contributed by atoms with Crippen LogP contribution in [0.5, 0.6) is 0 Å². The monoisotopic (exact) mass is 226 g/mol. The van der Waals surface area contributed by atoms with Crippen molar-refractivity contribution in [2.75, 3.05) is 38.3 Å². The van der Waals surface area contributed by atoms with E-state index in [1.807, 2.05) is 11.0 Å². The van der Waals surface area contributed by atoms with E-state index in [1.54, 1.807) is 13.3 Å². The Kier molecular flexibility index (Phi) is 5.69. The second-order valence-corrected chi connectivity index (χ2v) is 3.29. The molecule has 0 spiro atoms. The number of rotatable bonds is 7. The van der Waals surface area contributed by atoms with Crippen LogP contribution in [-0.4, -0.2) is 48.7 Å². The number of hydrogen-bond acceptors (Lipinski definition) is 6. The Labute approximate surface area is 95.0 Å². The quantitative estimate of drug-likeness (QED) is 0.644. The lowest BCUT2D eigenvalue weighted by Gasteiger charge is -2.23. The van der Waals surface area contributed by atoms with Crippen molar-refractivity contribution in [1.82, 2.24) is 10.2 Å². The van der Waals surface area contributed by atoms with Gasteiger partial charge in [-0.1, -0.05) is 0 Å².